The van der Waals surface area contributed by atoms with Crippen molar-refractivity contribution in [2.75, 3.05) is 11.9 Å². The van der Waals surface area contributed by atoms with Gasteiger partial charge >= 0.3 is 0 Å². The van der Waals surface area contributed by atoms with Crippen molar-refractivity contribution in [1.82, 2.24) is 5.32 Å². The van der Waals surface area contributed by atoms with Gasteiger partial charge in [-0.1, -0.05) is 25.8 Å². The Morgan fingerprint density at radius 3 is 2.79 bits per heavy atom. The van der Waals surface area contributed by atoms with E-state index in [0.29, 0.717) is 16.7 Å². The summed E-state index contributed by atoms with van der Waals surface area (Å²) in [5, 5.41) is 5.72. The Hall–Kier alpha value is -1.10. The second kappa shape index (κ2) is 8.15. The van der Waals surface area contributed by atoms with Gasteiger partial charge in [0.05, 0.1) is 5.69 Å². The van der Waals surface area contributed by atoms with E-state index in [-0.39, 0.29) is 11.7 Å². The smallest absolute Gasteiger partial charge is 0.242 e. The fourth-order valence-electron chi connectivity index (χ4n) is 1.66. The molecule has 1 amide bonds. The van der Waals surface area contributed by atoms with Crippen molar-refractivity contribution >= 4 is 27.5 Å². The summed E-state index contributed by atoms with van der Waals surface area (Å²) in [6.07, 6.45) is 3.19. The zero-order chi connectivity index (χ0) is 14.3. The predicted molar refractivity (Wildman–Crippen MR) is 79.7 cm³/mol. The zero-order valence-electron chi connectivity index (χ0n) is 11.3. The van der Waals surface area contributed by atoms with Crippen LogP contribution in [0.3, 0.4) is 0 Å². The zero-order valence-corrected chi connectivity index (χ0v) is 12.9. The minimum absolute atomic E-state index is 0.119. The topological polar surface area (TPSA) is 41.1 Å². The van der Waals surface area contributed by atoms with Crippen molar-refractivity contribution in [2.45, 2.75) is 39.2 Å². The highest BCUT2D eigenvalue weighted by atomic mass is 79.9. The number of nitrogens with one attached hydrogen (secondary N) is 2. The first kappa shape index (κ1) is 16.0. The number of rotatable bonds is 7. The fourth-order valence-corrected chi connectivity index (χ4v) is 2.11. The summed E-state index contributed by atoms with van der Waals surface area (Å²) < 4.78 is 14.2. The third kappa shape index (κ3) is 5.19. The van der Waals surface area contributed by atoms with E-state index in [1.807, 2.05) is 0 Å². The van der Waals surface area contributed by atoms with Gasteiger partial charge in [0.25, 0.3) is 0 Å². The third-order valence-electron chi connectivity index (χ3n) is 2.80. The van der Waals surface area contributed by atoms with Crippen LogP contribution < -0.4 is 10.6 Å². The normalized spacial score (nSPS) is 12.0. The largest absolute Gasteiger partial charge is 0.371 e. The summed E-state index contributed by atoms with van der Waals surface area (Å²) in [5.41, 5.74) is 0.318. The van der Waals surface area contributed by atoms with Crippen LogP contribution in [-0.2, 0) is 4.79 Å². The fraction of sp³-hybridized carbons (Fsp3) is 0.500. The highest BCUT2D eigenvalue weighted by Crippen LogP contribution is 2.25. The number of amides is 1. The summed E-state index contributed by atoms with van der Waals surface area (Å²) in [5.74, 6) is -0.494. The van der Waals surface area contributed by atoms with E-state index in [1.54, 1.807) is 19.1 Å². The van der Waals surface area contributed by atoms with Crippen molar-refractivity contribution in [3.05, 3.63) is 28.5 Å². The highest BCUT2D eigenvalue weighted by Gasteiger charge is 2.15. The van der Waals surface area contributed by atoms with E-state index in [2.05, 4.69) is 33.5 Å². The Labute approximate surface area is 122 Å². The molecule has 0 aliphatic rings. The molecule has 0 saturated carbocycles. The van der Waals surface area contributed by atoms with Gasteiger partial charge in [0.2, 0.25) is 5.91 Å². The van der Waals surface area contributed by atoms with Crippen molar-refractivity contribution < 1.29 is 9.18 Å². The van der Waals surface area contributed by atoms with E-state index < -0.39 is 6.04 Å². The molecule has 1 atom stereocenters. The molecule has 2 N–H and O–H groups in total. The van der Waals surface area contributed by atoms with Crippen LogP contribution in [0.4, 0.5) is 10.1 Å². The lowest BCUT2D eigenvalue weighted by atomic mass is 10.2. The lowest BCUT2D eigenvalue weighted by Crippen LogP contribution is -2.38. The standard InChI is InChI=1S/C14H20BrFN2O/c1-3-4-5-9-17-14(19)10(2)18-13-11(15)7-6-8-12(13)16/h6-8,10,18H,3-5,9H2,1-2H3,(H,17,19). The number of halogens is 2. The molecule has 19 heavy (non-hydrogen) atoms. The van der Waals surface area contributed by atoms with E-state index in [1.165, 1.54) is 6.07 Å². The Balaban J connectivity index is 2.50. The van der Waals surface area contributed by atoms with Gasteiger partial charge in [-0.05, 0) is 41.4 Å². The number of para-hydroxylation sites is 1. The average Bonchev–Trinajstić information content (AvgIpc) is 2.38. The summed E-state index contributed by atoms with van der Waals surface area (Å²) >= 11 is 3.26. The van der Waals surface area contributed by atoms with Crippen LogP contribution in [0.5, 0.6) is 0 Å². The first-order valence-electron chi connectivity index (χ1n) is 6.54. The maximum Gasteiger partial charge on any atom is 0.242 e. The van der Waals surface area contributed by atoms with Crippen molar-refractivity contribution in [1.29, 1.82) is 0 Å². The summed E-state index contributed by atoms with van der Waals surface area (Å²) in [6, 6.07) is 4.23. The second-order valence-electron chi connectivity index (χ2n) is 4.46. The van der Waals surface area contributed by atoms with Gasteiger partial charge in [-0.15, -0.1) is 0 Å². The van der Waals surface area contributed by atoms with E-state index in [4.69, 9.17) is 0 Å². The molecule has 0 radical (unpaired) electrons. The van der Waals surface area contributed by atoms with Gasteiger partial charge in [0.15, 0.2) is 0 Å². The van der Waals surface area contributed by atoms with Crippen molar-refractivity contribution in [3.63, 3.8) is 0 Å². The van der Waals surface area contributed by atoms with Crippen molar-refractivity contribution in [2.24, 2.45) is 0 Å². The molecule has 0 bridgehead atoms. The summed E-state index contributed by atoms with van der Waals surface area (Å²) in [4.78, 5) is 11.8. The summed E-state index contributed by atoms with van der Waals surface area (Å²) in [6.45, 7) is 4.49. The molecule has 1 aromatic carbocycles. The van der Waals surface area contributed by atoms with Crippen LogP contribution in [0.15, 0.2) is 22.7 Å². The monoisotopic (exact) mass is 330 g/mol. The van der Waals surface area contributed by atoms with Crippen LogP contribution in [0.2, 0.25) is 0 Å². The number of carbonyl (C=O) groups is 1. The number of carbonyl (C=O) groups excluding carboxylic acids is 1. The molecule has 0 saturated heterocycles. The third-order valence-corrected chi connectivity index (χ3v) is 3.46. The molecular weight excluding hydrogens is 311 g/mol. The molecule has 3 nitrogen and oxygen atoms in total. The molecule has 5 heteroatoms. The molecular formula is C14H20BrFN2O. The first-order valence-corrected chi connectivity index (χ1v) is 7.33. The average molecular weight is 331 g/mol. The Morgan fingerprint density at radius 2 is 2.16 bits per heavy atom. The molecule has 0 aliphatic heterocycles. The number of benzene rings is 1. The maximum absolute atomic E-state index is 13.6. The van der Waals surface area contributed by atoms with Crippen LogP contribution in [0.1, 0.15) is 33.1 Å². The number of unbranched alkanes of at least 4 members (excludes halogenated alkanes) is 2. The lowest BCUT2D eigenvalue weighted by Gasteiger charge is -2.16. The van der Waals surface area contributed by atoms with Crippen LogP contribution in [0, 0.1) is 5.82 Å². The molecule has 1 aromatic rings. The molecule has 106 valence electrons. The van der Waals surface area contributed by atoms with E-state index in [9.17, 15) is 9.18 Å². The van der Waals surface area contributed by atoms with Gasteiger partial charge in [-0.3, -0.25) is 4.79 Å². The van der Waals surface area contributed by atoms with Crippen LogP contribution in [0.25, 0.3) is 0 Å². The van der Waals surface area contributed by atoms with Gasteiger partial charge < -0.3 is 10.6 Å². The molecule has 0 heterocycles. The highest BCUT2D eigenvalue weighted by molar-refractivity contribution is 9.10. The molecule has 0 aliphatic carbocycles. The van der Waals surface area contributed by atoms with Gasteiger partial charge in [-0.2, -0.15) is 0 Å². The van der Waals surface area contributed by atoms with Crippen molar-refractivity contribution in [3.8, 4) is 0 Å². The van der Waals surface area contributed by atoms with E-state index in [0.717, 1.165) is 19.3 Å². The molecule has 0 fully saturated rings. The van der Waals surface area contributed by atoms with Crippen LogP contribution >= 0.6 is 15.9 Å². The predicted octanol–water partition coefficient (Wildman–Crippen LogP) is 3.70. The minimum atomic E-state index is -0.477. The van der Waals surface area contributed by atoms with Crippen LogP contribution in [-0.4, -0.2) is 18.5 Å². The lowest BCUT2D eigenvalue weighted by molar-refractivity contribution is -0.121. The van der Waals surface area contributed by atoms with Gasteiger partial charge in [-0.25, -0.2) is 4.39 Å². The number of anilines is 1. The Bertz CT molecular complexity index is 406. The Kier molecular flexibility index (Phi) is 6.84. The number of hydrogen-bond donors (Lipinski definition) is 2. The Morgan fingerprint density at radius 1 is 1.42 bits per heavy atom. The van der Waals surface area contributed by atoms with E-state index >= 15 is 0 Å². The maximum atomic E-state index is 13.6. The minimum Gasteiger partial charge on any atom is -0.371 e. The molecule has 0 aromatic heterocycles. The summed E-state index contributed by atoms with van der Waals surface area (Å²) in [7, 11) is 0. The number of hydrogen-bond acceptors (Lipinski definition) is 2. The SMILES string of the molecule is CCCCCNC(=O)C(C)Nc1c(F)cccc1Br. The van der Waals surface area contributed by atoms with Gasteiger partial charge in [0.1, 0.15) is 11.9 Å². The quantitative estimate of drug-likeness (QED) is 0.748. The molecule has 0 spiro atoms. The molecule has 1 rings (SSSR count). The second-order valence-corrected chi connectivity index (χ2v) is 5.32. The molecule has 1 unspecified atom stereocenters. The van der Waals surface area contributed by atoms with Gasteiger partial charge in [0, 0.05) is 11.0 Å². The first-order chi connectivity index (χ1) is 9.06.